The molecule has 0 heterocycles. The number of oxime groups is 1. The molecule has 3 N–H and O–H groups in total. The zero-order chi connectivity index (χ0) is 13.4. The number of amides is 1. The highest BCUT2D eigenvalue weighted by Crippen LogP contribution is 2.10. The lowest BCUT2D eigenvalue weighted by Gasteiger charge is -2.07. The summed E-state index contributed by atoms with van der Waals surface area (Å²) in [5, 5.41) is 22.1. The lowest BCUT2D eigenvalue weighted by atomic mass is 10.1. The third kappa shape index (κ3) is 5.50. The topological polar surface area (TPSA) is 128 Å². The van der Waals surface area contributed by atoms with Gasteiger partial charge in [-0.3, -0.25) is 10.1 Å². The maximum atomic E-state index is 10.6. The molecule has 0 spiro atoms. The summed E-state index contributed by atoms with van der Waals surface area (Å²) in [7, 11) is 0. The second-order valence-corrected chi connectivity index (χ2v) is 3.23. The molecule has 8 heteroatoms. The molecular formula is C9H15N3O5. The monoisotopic (exact) mass is 245 g/mol. The summed E-state index contributed by atoms with van der Waals surface area (Å²) in [5.74, 6) is 0. The SMILES string of the molecule is CC/C(=C\C(COC(N)=O)=N/O)C(C)[N+](=O)[O-]. The van der Waals surface area contributed by atoms with Gasteiger partial charge in [0, 0.05) is 17.4 Å². The van der Waals surface area contributed by atoms with Gasteiger partial charge in [0.15, 0.2) is 0 Å². The summed E-state index contributed by atoms with van der Waals surface area (Å²) in [6, 6.07) is -0.898. The Kier molecular flexibility index (Phi) is 6.30. The molecule has 0 radical (unpaired) electrons. The van der Waals surface area contributed by atoms with Gasteiger partial charge in [0.1, 0.15) is 12.3 Å². The Bertz CT molecular complexity index is 351. The minimum Gasteiger partial charge on any atom is -0.443 e. The summed E-state index contributed by atoms with van der Waals surface area (Å²) in [5.41, 5.74) is 5.19. The van der Waals surface area contributed by atoms with Gasteiger partial charge in [-0.15, -0.1) is 0 Å². The molecule has 0 rings (SSSR count). The van der Waals surface area contributed by atoms with Crippen LogP contribution in [0, 0.1) is 10.1 Å². The Labute approximate surface area is 97.9 Å². The van der Waals surface area contributed by atoms with Crippen LogP contribution in [-0.2, 0) is 4.74 Å². The van der Waals surface area contributed by atoms with Crippen molar-refractivity contribution in [2.45, 2.75) is 26.3 Å². The maximum Gasteiger partial charge on any atom is 0.404 e. The van der Waals surface area contributed by atoms with E-state index >= 15 is 0 Å². The fourth-order valence-corrected chi connectivity index (χ4v) is 1.11. The zero-order valence-corrected chi connectivity index (χ0v) is 9.62. The zero-order valence-electron chi connectivity index (χ0n) is 9.62. The van der Waals surface area contributed by atoms with Crippen LogP contribution in [-0.4, -0.2) is 34.6 Å². The number of hydrogen-bond donors (Lipinski definition) is 2. The first kappa shape index (κ1) is 14.9. The van der Waals surface area contributed by atoms with Crippen molar-refractivity contribution in [1.82, 2.24) is 0 Å². The van der Waals surface area contributed by atoms with Gasteiger partial charge in [0.05, 0.1) is 0 Å². The van der Waals surface area contributed by atoms with E-state index in [4.69, 9.17) is 10.9 Å². The predicted molar refractivity (Wildman–Crippen MR) is 59.6 cm³/mol. The highest BCUT2D eigenvalue weighted by Gasteiger charge is 2.18. The van der Waals surface area contributed by atoms with Crippen LogP contribution >= 0.6 is 0 Å². The van der Waals surface area contributed by atoms with E-state index in [1.54, 1.807) is 6.92 Å². The van der Waals surface area contributed by atoms with E-state index < -0.39 is 17.1 Å². The van der Waals surface area contributed by atoms with Gasteiger partial charge in [-0.05, 0) is 12.5 Å². The molecule has 0 aliphatic heterocycles. The number of ether oxygens (including phenoxy) is 1. The second kappa shape index (κ2) is 7.20. The average molecular weight is 245 g/mol. The molecule has 0 aromatic rings. The number of hydrogen-bond acceptors (Lipinski definition) is 6. The van der Waals surface area contributed by atoms with Crippen LogP contribution in [0.4, 0.5) is 4.79 Å². The molecule has 0 aliphatic rings. The fourth-order valence-electron chi connectivity index (χ4n) is 1.11. The van der Waals surface area contributed by atoms with Gasteiger partial charge >= 0.3 is 6.09 Å². The van der Waals surface area contributed by atoms with E-state index in [-0.39, 0.29) is 12.3 Å². The first-order valence-corrected chi connectivity index (χ1v) is 4.89. The van der Waals surface area contributed by atoms with Crippen molar-refractivity contribution >= 4 is 11.8 Å². The Morgan fingerprint density at radius 2 is 2.29 bits per heavy atom. The first-order valence-electron chi connectivity index (χ1n) is 4.89. The summed E-state index contributed by atoms with van der Waals surface area (Å²) in [6.07, 6.45) is 0.716. The number of carbonyl (C=O) groups is 1. The van der Waals surface area contributed by atoms with Crippen molar-refractivity contribution in [3.63, 3.8) is 0 Å². The standard InChI is InChI=1S/C9H15N3O5/c1-3-7(6(2)12(15)16)4-8(11-14)5-17-9(10)13/h4,6,14H,3,5H2,1-2H3,(H2,10,13)/b7-4+,11-8+. The van der Waals surface area contributed by atoms with E-state index in [1.165, 1.54) is 13.0 Å². The van der Waals surface area contributed by atoms with Gasteiger partial charge < -0.3 is 15.7 Å². The molecule has 8 nitrogen and oxygen atoms in total. The van der Waals surface area contributed by atoms with Crippen LogP contribution in [0.15, 0.2) is 16.8 Å². The van der Waals surface area contributed by atoms with E-state index in [9.17, 15) is 14.9 Å². The minimum absolute atomic E-state index is 0.00523. The Morgan fingerprint density at radius 3 is 2.65 bits per heavy atom. The molecule has 1 unspecified atom stereocenters. The van der Waals surface area contributed by atoms with Gasteiger partial charge in [-0.2, -0.15) is 0 Å². The molecule has 0 saturated heterocycles. The van der Waals surface area contributed by atoms with Crippen molar-refractivity contribution in [3.8, 4) is 0 Å². The largest absolute Gasteiger partial charge is 0.443 e. The van der Waals surface area contributed by atoms with Crippen molar-refractivity contribution in [1.29, 1.82) is 0 Å². The highest BCUT2D eigenvalue weighted by molar-refractivity contribution is 5.97. The van der Waals surface area contributed by atoms with Crippen molar-refractivity contribution in [2.24, 2.45) is 10.9 Å². The first-order chi connectivity index (χ1) is 7.92. The average Bonchev–Trinajstić information content (AvgIpc) is 2.28. The number of nitro groups is 1. The normalized spacial score (nSPS) is 14.2. The van der Waals surface area contributed by atoms with Crippen molar-refractivity contribution in [2.75, 3.05) is 6.61 Å². The van der Waals surface area contributed by atoms with Gasteiger partial charge in [-0.1, -0.05) is 12.1 Å². The van der Waals surface area contributed by atoms with Gasteiger partial charge in [-0.25, -0.2) is 4.79 Å². The van der Waals surface area contributed by atoms with E-state index in [0.29, 0.717) is 12.0 Å². The highest BCUT2D eigenvalue weighted by atomic mass is 16.6. The van der Waals surface area contributed by atoms with Gasteiger partial charge in [0.2, 0.25) is 6.04 Å². The van der Waals surface area contributed by atoms with Crippen LogP contribution < -0.4 is 5.73 Å². The smallest absolute Gasteiger partial charge is 0.404 e. The number of carbonyl (C=O) groups excluding carboxylic acids is 1. The van der Waals surface area contributed by atoms with E-state index in [2.05, 4.69) is 9.89 Å². The summed E-state index contributed by atoms with van der Waals surface area (Å²) >= 11 is 0. The molecule has 0 fully saturated rings. The molecule has 0 aromatic carbocycles. The lowest BCUT2D eigenvalue weighted by Crippen LogP contribution is -2.21. The van der Waals surface area contributed by atoms with Crippen LogP contribution in [0.25, 0.3) is 0 Å². The van der Waals surface area contributed by atoms with Crippen molar-refractivity contribution in [3.05, 3.63) is 21.8 Å². The summed E-state index contributed by atoms with van der Waals surface area (Å²) < 4.78 is 4.41. The molecule has 0 aromatic heterocycles. The fraction of sp³-hybridized carbons (Fsp3) is 0.556. The second-order valence-electron chi connectivity index (χ2n) is 3.23. The molecule has 1 amide bonds. The molecule has 17 heavy (non-hydrogen) atoms. The molecule has 0 saturated carbocycles. The van der Waals surface area contributed by atoms with Crippen molar-refractivity contribution < 1.29 is 19.7 Å². The minimum atomic E-state index is -1.01. The van der Waals surface area contributed by atoms with Crippen LogP contribution in [0.2, 0.25) is 0 Å². The maximum absolute atomic E-state index is 10.6. The molecular weight excluding hydrogens is 230 g/mol. The Hall–Kier alpha value is -2.12. The molecule has 0 bridgehead atoms. The third-order valence-electron chi connectivity index (χ3n) is 2.10. The molecule has 96 valence electrons. The van der Waals surface area contributed by atoms with Crippen LogP contribution in [0.1, 0.15) is 20.3 Å². The quantitative estimate of drug-likeness (QED) is 0.311. The predicted octanol–water partition coefficient (Wildman–Crippen LogP) is 0.914. The number of primary amides is 1. The lowest BCUT2D eigenvalue weighted by molar-refractivity contribution is -0.507. The number of nitrogens with zero attached hydrogens (tertiary/aromatic N) is 2. The summed E-state index contributed by atoms with van der Waals surface area (Å²) in [4.78, 5) is 20.5. The van der Waals surface area contributed by atoms with Crippen LogP contribution in [0.5, 0.6) is 0 Å². The third-order valence-corrected chi connectivity index (χ3v) is 2.10. The number of nitrogens with two attached hydrogens (primary N) is 1. The van der Waals surface area contributed by atoms with Gasteiger partial charge in [0.25, 0.3) is 0 Å². The Morgan fingerprint density at radius 1 is 1.71 bits per heavy atom. The number of rotatable bonds is 6. The van der Waals surface area contributed by atoms with E-state index in [0.717, 1.165) is 0 Å². The van der Waals surface area contributed by atoms with E-state index in [1.807, 2.05) is 0 Å². The molecule has 0 aliphatic carbocycles. The Balaban J connectivity index is 4.79. The molecule has 1 atom stereocenters. The summed E-state index contributed by atoms with van der Waals surface area (Å²) in [6.45, 7) is 2.81. The van der Waals surface area contributed by atoms with Crippen LogP contribution in [0.3, 0.4) is 0 Å².